The smallest absolute Gasteiger partial charge is 0.254 e. The number of carbonyl (C=O) groups is 1. The molecule has 0 saturated heterocycles. The van der Waals surface area contributed by atoms with Gasteiger partial charge in [-0.15, -0.1) is 0 Å². The van der Waals surface area contributed by atoms with Gasteiger partial charge in [0.05, 0.1) is 11.4 Å². The van der Waals surface area contributed by atoms with Crippen LogP contribution in [0.3, 0.4) is 0 Å². The van der Waals surface area contributed by atoms with Crippen LogP contribution in [0.25, 0.3) is 0 Å². The van der Waals surface area contributed by atoms with Crippen LogP contribution in [0.4, 0.5) is 4.39 Å². The molecular formula is C19H23FN2O4S. The largest absolute Gasteiger partial charge is 0.492 e. The molecule has 0 aliphatic carbocycles. The maximum Gasteiger partial charge on any atom is 0.254 e. The van der Waals surface area contributed by atoms with E-state index in [2.05, 4.69) is 4.72 Å². The highest BCUT2D eigenvalue weighted by Gasteiger charge is 2.19. The molecule has 0 heterocycles. The van der Waals surface area contributed by atoms with Crippen molar-refractivity contribution >= 4 is 15.9 Å². The van der Waals surface area contributed by atoms with Crippen molar-refractivity contribution in [1.29, 1.82) is 0 Å². The van der Waals surface area contributed by atoms with Gasteiger partial charge in [-0.3, -0.25) is 4.79 Å². The van der Waals surface area contributed by atoms with Gasteiger partial charge in [0.25, 0.3) is 5.91 Å². The maximum atomic E-state index is 12.9. The number of likely N-dealkylation sites (N-methyl/N-ethyl adjacent to an activating group) is 1. The van der Waals surface area contributed by atoms with Gasteiger partial charge in [-0.2, -0.15) is 0 Å². The van der Waals surface area contributed by atoms with Crippen molar-refractivity contribution in [1.82, 2.24) is 9.62 Å². The fraction of sp³-hybridized carbons (Fsp3) is 0.316. The molecule has 2 aromatic rings. The molecular weight excluding hydrogens is 371 g/mol. The number of nitrogens with zero attached hydrogens (tertiary/aromatic N) is 1. The molecule has 1 amide bonds. The first-order valence-corrected chi connectivity index (χ1v) is 9.97. The number of benzene rings is 2. The van der Waals surface area contributed by atoms with Crippen LogP contribution >= 0.6 is 0 Å². The minimum absolute atomic E-state index is 0.0502. The molecule has 0 bridgehead atoms. The Morgan fingerprint density at radius 1 is 1.19 bits per heavy atom. The molecule has 0 aliphatic rings. The Kier molecular flexibility index (Phi) is 6.92. The number of rotatable bonds is 8. The zero-order valence-corrected chi connectivity index (χ0v) is 16.3. The van der Waals surface area contributed by atoms with Crippen molar-refractivity contribution in [2.24, 2.45) is 0 Å². The van der Waals surface area contributed by atoms with Crippen LogP contribution in [0.5, 0.6) is 5.75 Å². The second-order valence-electron chi connectivity index (χ2n) is 6.01. The highest BCUT2D eigenvalue weighted by molar-refractivity contribution is 7.89. The van der Waals surface area contributed by atoms with Gasteiger partial charge >= 0.3 is 0 Å². The number of hydrogen-bond donors (Lipinski definition) is 1. The zero-order valence-electron chi connectivity index (χ0n) is 15.5. The van der Waals surface area contributed by atoms with Gasteiger partial charge in [0.15, 0.2) is 0 Å². The summed E-state index contributed by atoms with van der Waals surface area (Å²) in [5.41, 5.74) is 1.00. The van der Waals surface area contributed by atoms with E-state index in [1.165, 1.54) is 41.3 Å². The summed E-state index contributed by atoms with van der Waals surface area (Å²) in [7, 11) is -2.03. The summed E-state index contributed by atoms with van der Waals surface area (Å²) in [5.74, 6) is -0.145. The molecule has 0 aliphatic heterocycles. The van der Waals surface area contributed by atoms with Crippen LogP contribution < -0.4 is 9.46 Å². The van der Waals surface area contributed by atoms with Crippen molar-refractivity contribution in [3.05, 3.63) is 59.4 Å². The van der Waals surface area contributed by atoms with Crippen molar-refractivity contribution in [3.8, 4) is 5.75 Å². The molecule has 0 atom stereocenters. The van der Waals surface area contributed by atoms with E-state index in [-0.39, 0.29) is 29.8 Å². The Bertz CT molecular complexity index is 898. The van der Waals surface area contributed by atoms with E-state index in [0.29, 0.717) is 23.4 Å². The SMILES string of the molecule is CCNS(=O)(=O)c1ccc(C)c(C(=O)N(C)CCOc2ccc(F)cc2)c1. The number of halogens is 1. The van der Waals surface area contributed by atoms with E-state index >= 15 is 0 Å². The normalized spacial score (nSPS) is 11.3. The van der Waals surface area contributed by atoms with Gasteiger partial charge in [0.1, 0.15) is 18.2 Å². The van der Waals surface area contributed by atoms with Gasteiger partial charge in [-0.05, 0) is 48.9 Å². The number of amides is 1. The molecule has 146 valence electrons. The van der Waals surface area contributed by atoms with Crippen molar-refractivity contribution in [3.63, 3.8) is 0 Å². The first-order chi connectivity index (χ1) is 12.7. The number of aryl methyl sites for hydroxylation is 1. The van der Waals surface area contributed by atoms with E-state index in [4.69, 9.17) is 4.74 Å². The molecule has 2 aromatic carbocycles. The lowest BCUT2D eigenvalue weighted by Gasteiger charge is -2.19. The summed E-state index contributed by atoms with van der Waals surface area (Å²) in [6, 6.07) is 10.1. The molecule has 0 fully saturated rings. The van der Waals surface area contributed by atoms with E-state index in [1.54, 1.807) is 27.0 Å². The topological polar surface area (TPSA) is 75.7 Å². The zero-order chi connectivity index (χ0) is 20.0. The van der Waals surface area contributed by atoms with Crippen molar-refractivity contribution in [2.45, 2.75) is 18.7 Å². The van der Waals surface area contributed by atoms with Crippen LogP contribution in [-0.2, 0) is 10.0 Å². The molecule has 0 unspecified atom stereocenters. The fourth-order valence-corrected chi connectivity index (χ4v) is 3.48. The lowest BCUT2D eigenvalue weighted by molar-refractivity contribution is 0.0773. The molecule has 0 radical (unpaired) electrons. The molecule has 0 saturated carbocycles. The molecule has 0 aromatic heterocycles. The first kappa shape index (κ1) is 20.9. The minimum Gasteiger partial charge on any atom is -0.492 e. The summed E-state index contributed by atoms with van der Waals surface area (Å²) in [5, 5.41) is 0. The van der Waals surface area contributed by atoms with Crippen LogP contribution in [0.1, 0.15) is 22.8 Å². The van der Waals surface area contributed by atoms with Gasteiger partial charge in [0.2, 0.25) is 10.0 Å². The Labute approximate surface area is 159 Å². The van der Waals surface area contributed by atoms with E-state index < -0.39 is 10.0 Å². The highest BCUT2D eigenvalue weighted by atomic mass is 32.2. The molecule has 0 spiro atoms. The second-order valence-corrected chi connectivity index (χ2v) is 7.77. The van der Waals surface area contributed by atoms with Crippen LogP contribution in [0.15, 0.2) is 47.4 Å². The maximum absolute atomic E-state index is 12.9. The van der Waals surface area contributed by atoms with Crippen LogP contribution in [0.2, 0.25) is 0 Å². The predicted molar refractivity (Wildman–Crippen MR) is 101 cm³/mol. The Morgan fingerprint density at radius 3 is 2.48 bits per heavy atom. The van der Waals surface area contributed by atoms with Crippen LogP contribution in [-0.4, -0.2) is 46.0 Å². The number of nitrogens with one attached hydrogen (secondary N) is 1. The molecule has 6 nitrogen and oxygen atoms in total. The number of sulfonamides is 1. The standard InChI is InChI=1S/C19H23FN2O4S/c1-4-21-27(24,25)17-10-5-14(2)18(13-17)19(23)22(3)11-12-26-16-8-6-15(20)7-9-16/h5-10,13,21H,4,11-12H2,1-3H3. The number of hydrogen-bond acceptors (Lipinski definition) is 4. The summed E-state index contributed by atoms with van der Waals surface area (Å²) in [6.45, 7) is 4.22. The third-order valence-corrected chi connectivity index (χ3v) is 5.48. The Balaban J connectivity index is 2.06. The monoisotopic (exact) mass is 394 g/mol. The average Bonchev–Trinajstić information content (AvgIpc) is 2.63. The highest BCUT2D eigenvalue weighted by Crippen LogP contribution is 2.17. The number of ether oxygens (including phenoxy) is 1. The Hall–Kier alpha value is -2.45. The minimum atomic E-state index is -3.64. The summed E-state index contributed by atoms with van der Waals surface area (Å²) >= 11 is 0. The van der Waals surface area contributed by atoms with Gasteiger partial charge in [-0.1, -0.05) is 13.0 Å². The summed E-state index contributed by atoms with van der Waals surface area (Å²) < 4.78 is 45.1. The van der Waals surface area contributed by atoms with Crippen LogP contribution in [0, 0.1) is 12.7 Å². The average molecular weight is 394 g/mol. The van der Waals surface area contributed by atoms with Crippen molar-refractivity contribution in [2.75, 3.05) is 26.7 Å². The molecule has 27 heavy (non-hydrogen) atoms. The Morgan fingerprint density at radius 2 is 1.85 bits per heavy atom. The quantitative estimate of drug-likeness (QED) is 0.747. The lowest BCUT2D eigenvalue weighted by Crippen LogP contribution is -2.31. The third kappa shape index (κ3) is 5.51. The van der Waals surface area contributed by atoms with Crippen molar-refractivity contribution < 1.29 is 22.3 Å². The van der Waals surface area contributed by atoms with E-state index in [0.717, 1.165) is 0 Å². The lowest BCUT2D eigenvalue weighted by atomic mass is 10.1. The molecule has 8 heteroatoms. The summed E-state index contributed by atoms with van der Waals surface area (Å²) in [4.78, 5) is 14.2. The molecule has 2 rings (SSSR count). The van der Waals surface area contributed by atoms with E-state index in [1.807, 2.05) is 0 Å². The number of carbonyl (C=O) groups excluding carboxylic acids is 1. The first-order valence-electron chi connectivity index (χ1n) is 8.48. The predicted octanol–water partition coefficient (Wildman–Crippen LogP) is 2.58. The molecule has 1 N–H and O–H groups in total. The second kappa shape index (κ2) is 8.96. The third-order valence-electron chi connectivity index (χ3n) is 3.94. The van der Waals surface area contributed by atoms with Gasteiger partial charge < -0.3 is 9.64 Å². The fourth-order valence-electron chi connectivity index (χ4n) is 2.41. The van der Waals surface area contributed by atoms with E-state index in [9.17, 15) is 17.6 Å². The van der Waals surface area contributed by atoms with Gasteiger partial charge in [-0.25, -0.2) is 17.5 Å². The summed E-state index contributed by atoms with van der Waals surface area (Å²) in [6.07, 6.45) is 0. The van der Waals surface area contributed by atoms with Gasteiger partial charge in [0, 0.05) is 19.2 Å².